The van der Waals surface area contributed by atoms with E-state index >= 15 is 0 Å². The van der Waals surface area contributed by atoms with Crippen LogP contribution in [0.25, 0.3) is 0 Å². The van der Waals surface area contributed by atoms with Crippen molar-refractivity contribution in [1.29, 1.82) is 0 Å². The summed E-state index contributed by atoms with van der Waals surface area (Å²) in [6, 6.07) is 6.51. The summed E-state index contributed by atoms with van der Waals surface area (Å²) in [6.07, 6.45) is 0. The van der Waals surface area contributed by atoms with Crippen molar-refractivity contribution in [2.75, 3.05) is 23.3 Å². The first-order chi connectivity index (χ1) is 9.22. The second-order valence-electron chi connectivity index (χ2n) is 4.02. The van der Waals surface area contributed by atoms with Crippen LogP contribution < -0.4 is 10.2 Å². The van der Waals surface area contributed by atoms with E-state index in [-0.39, 0.29) is 5.82 Å². The molecule has 1 aromatic heterocycles. The summed E-state index contributed by atoms with van der Waals surface area (Å²) < 4.78 is 12.9. The monoisotopic (exact) mass is 280 g/mol. The van der Waals surface area contributed by atoms with E-state index in [0.29, 0.717) is 6.54 Å². The Morgan fingerprint density at radius 3 is 2.58 bits per heavy atom. The van der Waals surface area contributed by atoms with Crippen LogP contribution in [0.15, 0.2) is 24.3 Å². The van der Waals surface area contributed by atoms with Gasteiger partial charge in [-0.25, -0.2) is 4.39 Å². The molecule has 0 unspecified atom stereocenters. The van der Waals surface area contributed by atoms with Gasteiger partial charge in [0.05, 0.1) is 6.54 Å². The molecule has 102 valence electrons. The van der Waals surface area contributed by atoms with Gasteiger partial charge in [0.2, 0.25) is 5.13 Å². The van der Waals surface area contributed by atoms with E-state index in [1.807, 2.05) is 6.92 Å². The Kier molecular flexibility index (Phi) is 4.68. The summed E-state index contributed by atoms with van der Waals surface area (Å²) in [7, 11) is 0. The van der Waals surface area contributed by atoms with Gasteiger partial charge < -0.3 is 10.2 Å². The van der Waals surface area contributed by atoms with Crippen LogP contribution in [0.3, 0.4) is 0 Å². The van der Waals surface area contributed by atoms with E-state index in [1.165, 1.54) is 12.1 Å². The molecule has 0 fully saturated rings. The Balaban J connectivity index is 2.07. The van der Waals surface area contributed by atoms with Gasteiger partial charge in [-0.2, -0.15) is 0 Å². The standard InChI is InChI=1S/C13H17FN4S/c1-3-15-13-17-16-12(19-13)9-18(4-2)11-7-5-10(14)6-8-11/h5-8H,3-4,9H2,1-2H3,(H,15,17). The fourth-order valence-electron chi connectivity index (χ4n) is 1.74. The van der Waals surface area contributed by atoms with Crippen molar-refractivity contribution in [3.63, 3.8) is 0 Å². The molecule has 0 aliphatic carbocycles. The van der Waals surface area contributed by atoms with Gasteiger partial charge >= 0.3 is 0 Å². The fraction of sp³-hybridized carbons (Fsp3) is 0.385. The predicted molar refractivity (Wildman–Crippen MR) is 77.2 cm³/mol. The minimum Gasteiger partial charge on any atom is -0.365 e. The van der Waals surface area contributed by atoms with Crippen LogP contribution >= 0.6 is 11.3 Å². The van der Waals surface area contributed by atoms with Crippen molar-refractivity contribution in [3.05, 3.63) is 35.1 Å². The van der Waals surface area contributed by atoms with Crippen LogP contribution in [0.1, 0.15) is 18.9 Å². The highest BCUT2D eigenvalue weighted by atomic mass is 32.1. The highest BCUT2D eigenvalue weighted by molar-refractivity contribution is 7.15. The van der Waals surface area contributed by atoms with Gasteiger partial charge in [0.15, 0.2) is 0 Å². The van der Waals surface area contributed by atoms with E-state index in [9.17, 15) is 4.39 Å². The zero-order chi connectivity index (χ0) is 13.7. The van der Waals surface area contributed by atoms with Gasteiger partial charge in [0, 0.05) is 18.8 Å². The lowest BCUT2D eigenvalue weighted by Gasteiger charge is -2.21. The molecule has 0 bridgehead atoms. The number of nitrogens with one attached hydrogen (secondary N) is 1. The Morgan fingerprint density at radius 2 is 1.95 bits per heavy atom. The summed E-state index contributed by atoms with van der Waals surface area (Å²) in [5.74, 6) is -0.217. The summed E-state index contributed by atoms with van der Waals surface area (Å²) >= 11 is 1.55. The predicted octanol–water partition coefficient (Wildman–Crippen LogP) is 3.14. The molecule has 0 aliphatic heterocycles. The minimum absolute atomic E-state index is 0.217. The molecule has 0 aliphatic rings. The first-order valence-electron chi connectivity index (χ1n) is 6.29. The van der Waals surface area contributed by atoms with E-state index in [2.05, 4.69) is 27.3 Å². The van der Waals surface area contributed by atoms with Crippen LogP contribution in [0.4, 0.5) is 15.2 Å². The highest BCUT2D eigenvalue weighted by Gasteiger charge is 2.09. The van der Waals surface area contributed by atoms with Gasteiger partial charge in [-0.05, 0) is 38.1 Å². The van der Waals surface area contributed by atoms with Crippen molar-refractivity contribution < 1.29 is 4.39 Å². The van der Waals surface area contributed by atoms with E-state index in [1.54, 1.807) is 23.5 Å². The van der Waals surface area contributed by atoms with Crippen molar-refractivity contribution in [2.45, 2.75) is 20.4 Å². The quantitative estimate of drug-likeness (QED) is 0.882. The lowest BCUT2D eigenvalue weighted by Crippen LogP contribution is -2.21. The van der Waals surface area contributed by atoms with E-state index in [0.717, 1.165) is 28.9 Å². The number of halogens is 1. The van der Waals surface area contributed by atoms with Crippen molar-refractivity contribution in [2.24, 2.45) is 0 Å². The highest BCUT2D eigenvalue weighted by Crippen LogP contribution is 2.21. The normalized spacial score (nSPS) is 10.5. The molecule has 0 saturated carbocycles. The van der Waals surface area contributed by atoms with Crippen LogP contribution in [0, 0.1) is 5.82 Å². The molecule has 0 amide bonds. The van der Waals surface area contributed by atoms with Crippen LogP contribution in [-0.2, 0) is 6.54 Å². The summed E-state index contributed by atoms with van der Waals surface area (Å²) in [5, 5.41) is 13.2. The fourth-order valence-corrected chi connectivity index (χ4v) is 2.56. The molecule has 4 nitrogen and oxygen atoms in total. The zero-order valence-corrected chi connectivity index (χ0v) is 11.9. The van der Waals surface area contributed by atoms with E-state index < -0.39 is 0 Å². The van der Waals surface area contributed by atoms with Crippen molar-refractivity contribution in [1.82, 2.24) is 10.2 Å². The molecule has 1 N–H and O–H groups in total. The third kappa shape index (κ3) is 3.64. The number of aromatic nitrogens is 2. The van der Waals surface area contributed by atoms with E-state index in [4.69, 9.17) is 0 Å². The molecule has 19 heavy (non-hydrogen) atoms. The van der Waals surface area contributed by atoms with Crippen LogP contribution in [0.2, 0.25) is 0 Å². The molecule has 0 atom stereocenters. The number of hydrogen-bond donors (Lipinski definition) is 1. The topological polar surface area (TPSA) is 41.1 Å². The van der Waals surface area contributed by atoms with Crippen LogP contribution in [0.5, 0.6) is 0 Å². The maximum atomic E-state index is 12.9. The third-order valence-corrected chi connectivity index (χ3v) is 3.56. The lowest BCUT2D eigenvalue weighted by atomic mass is 10.3. The average Bonchev–Trinajstić information content (AvgIpc) is 2.85. The Hall–Kier alpha value is -1.69. The smallest absolute Gasteiger partial charge is 0.205 e. The first-order valence-corrected chi connectivity index (χ1v) is 7.11. The second kappa shape index (κ2) is 6.47. The van der Waals surface area contributed by atoms with Gasteiger partial charge in [0.25, 0.3) is 0 Å². The second-order valence-corrected chi connectivity index (χ2v) is 5.08. The van der Waals surface area contributed by atoms with Gasteiger partial charge in [-0.3, -0.25) is 0 Å². The number of anilines is 2. The average molecular weight is 280 g/mol. The Labute approximate surface area is 116 Å². The molecule has 0 saturated heterocycles. The minimum atomic E-state index is -0.217. The molecular formula is C13H17FN4S. The maximum absolute atomic E-state index is 12.9. The molecule has 2 rings (SSSR count). The number of nitrogens with zero attached hydrogens (tertiary/aromatic N) is 3. The van der Waals surface area contributed by atoms with Crippen LogP contribution in [-0.4, -0.2) is 23.3 Å². The molecule has 1 heterocycles. The van der Waals surface area contributed by atoms with Gasteiger partial charge in [-0.1, -0.05) is 11.3 Å². The maximum Gasteiger partial charge on any atom is 0.205 e. The van der Waals surface area contributed by atoms with Gasteiger partial charge in [-0.15, -0.1) is 10.2 Å². The molecule has 0 spiro atoms. The molecular weight excluding hydrogens is 263 g/mol. The molecule has 2 aromatic rings. The number of hydrogen-bond acceptors (Lipinski definition) is 5. The molecule has 0 radical (unpaired) electrons. The van der Waals surface area contributed by atoms with Crippen molar-refractivity contribution in [3.8, 4) is 0 Å². The van der Waals surface area contributed by atoms with Gasteiger partial charge in [0.1, 0.15) is 10.8 Å². The largest absolute Gasteiger partial charge is 0.365 e. The first kappa shape index (κ1) is 13.7. The summed E-state index contributed by atoms with van der Waals surface area (Å²) in [4.78, 5) is 2.13. The molecule has 1 aromatic carbocycles. The Morgan fingerprint density at radius 1 is 1.21 bits per heavy atom. The summed E-state index contributed by atoms with van der Waals surface area (Å²) in [6.45, 7) is 6.45. The molecule has 6 heteroatoms. The zero-order valence-electron chi connectivity index (χ0n) is 11.1. The number of rotatable bonds is 6. The van der Waals surface area contributed by atoms with Crippen molar-refractivity contribution >= 4 is 22.2 Å². The SMILES string of the molecule is CCNc1nnc(CN(CC)c2ccc(F)cc2)s1. The number of benzene rings is 1. The summed E-state index contributed by atoms with van der Waals surface area (Å²) in [5.41, 5.74) is 0.990. The third-order valence-electron chi connectivity index (χ3n) is 2.69. The Bertz CT molecular complexity index is 512. The lowest BCUT2D eigenvalue weighted by molar-refractivity contribution is 0.627.